The summed E-state index contributed by atoms with van der Waals surface area (Å²) in [5.41, 5.74) is 5.92. The Bertz CT molecular complexity index is 291. The van der Waals surface area contributed by atoms with Gasteiger partial charge in [-0.2, -0.15) is 8.78 Å². The Labute approximate surface area is 73.7 Å². The van der Waals surface area contributed by atoms with Crippen LogP contribution in [0.3, 0.4) is 0 Å². The number of halogens is 2. The van der Waals surface area contributed by atoms with E-state index in [1.807, 2.05) is 0 Å². The number of phenolic OH excluding ortho intramolecular Hbond substituents is 1. The van der Waals surface area contributed by atoms with E-state index >= 15 is 0 Å². The molecular formula is C8H9F2NO2. The standard InChI is InChI=1S/C8H9F2NO2/c9-8(10)13-7-2-1-5(4-11)3-6(7)12/h1-3,8,12H,4,11H2. The highest BCUT2D eigenvalue weighted by Gasteiger charge is 2.08. The summed E-state index contributed by atoms with van der Waals surface area (Å²) in [6, 6.07) is 4.05. The molecule has 3 N–H and O–H groups in total. The normalized spacial score (nSPS) is 10.5. The fourth-order valence-corrected chi connectivity index (χ4v) is 0.886. The molecule has 0 aliphatic rings. The van der Waals surface area contributed by atoms with Crippen molar-refractivity contribution in [2.75, 3.05) is 0 Å². The van der Waals surface area contributed by atoms with Crippen molar-refractivity contribution in [2.24, 2.45) is 5.73 Å². The maximum absolute atomic E-state index is 11.7. The van der Waals surface area contributed by atoms with Crippen LogP contribution in [0.1, 0.15) is 5.56 Å². The summed E-state index contributed by atoms with van der Waals surface area (Å²) in [5, 5.41) is 9.16. The van der Waals surface area contributed by atoms with E-state index in [4.69, 9.17) is 10.8 Å². The van der Waals surface area contributed by atoms with Gasteiger partial charge in [0.05, 0.1) is 0 Å². The summed E-state index contributed by atoms with van der Waals surface area (Å²) in [5.74, 6) is -0.574. The van der Waals surface area contributed by atoms with Crippen LogP contribution in [0.5, 0.6) is 11.5 Å². The third kappa shape index (κ3) is 2.55. The van der Waals surface area contributed by atoms with Crippen LogP contribution in [0.2, 0.25) is 0 Å². The van der Waals surface area contributed by atoms with Crippen molar-refractivity contribution < 1.29 is 18.6 Å². The summed E-state index contributed by atoms with van der Waals surface area (Å²) >= 11 is 0. The Morgan fingerprint density at radius 2 is 2.15 bits per heavy atom. The van der Waals surface area contributed by atoms with Crippen LogP contribution < -0.4 is 10.5 Å². The van der Waals surface area contributed by atoms with Gasteiger partial charge in [0.1, 0.15) is 0 Å². The second-order valence-electron chi connectivity index (χ2n) is 2.38. The fourth-order valence-electron chi connectivity index (χ4n) is 0.886. The highest BCUT2D eigenvalue weighted by molar-refractivity contribution is 5.41. The van der Waals surface area contributed by atoms with E-state index in [-0.39, 0.29) is 18.0 Å². The van der Waals surface area contributed by atoms with Gasteiger partial charge in [-0.3, -0.25) is 0 Å². The molecule has 0 bridgehead atoms. The highest BCUT2D eigenvalue weighted by Crippen LogP contribution is 2.27. The average Bonchev–Trinajstić information content (AvgIpc) is 2.08. The molecule has 0 heterocycles. The lowest BCUT2D eigenvalue weighted by Gasteiger charge is -2.07. The highest BCUT2D eigenvalue weighted by atomic mass is 19.3. The SMILES string of the molecule is NCc1ccc(OC(F)F)c(O)c1. The molecule has 0 aliphatic heterocycles. The zero-order valence-corrected chi connectivity index (χ0v) is 6.71. The molecule has 0 saturated carbocycles. The Morgan fingerprint density at radius 3 is 2.62 bits per heavy atom. The minimum absolute atomic E-state index is 0.239. The number of phenols is 1. The number of nitrogens with two attached hydrogens (primary N) is 1. The van der Waals surface area contributed by atoms with Crippen LogP contribution in [-0.4, -0.2) is 11.7 Å². The van der Waals surface area contributed by atoms with Crippen LogP contribution in [0.25, 0.3) is 0 Å². The minimum atomic E-state index is -2.94. The first-order valence-corrected chi connectivity index (χ1v) is 3.60. The molecule has 0 aromatic heterocycles. The minimum Gasteiger partial charge on any atom is -0.504 e. The molecule has 0 aliphatic carbocycles. The second-order valence-corrected chi connectivity index (χ2v) is 2.38. The molecule has 1 aromatic carbocycles. The quantitative estimate of drug-likeness (QED) is 0.756. The number of rotatable bonds is 3. The molecule has 0 atom stereocenters. The van der Waals surface area contributed by atoms with E-state index < -0.39 is 6.61 Å². The van der Waals surface area contributed by atoms with Crippen molar-refractivity contribution in [2.45, 2.75) is 13.2 Å². The number of alkyl halides is 2. The van der Waals surface area contributed by atoms with Crippen molar-refractivity contribution in [3.05, 3.63) is 23.8 Å². The summed E-state index contributed by atoms with van der Waals surface area (Å²) in [6.45, 7) is -2.70. The first kappa shape index (κ1) is 9.73. The van der Waals surface area contributed by atoms with Crippen molar-refractivity contribution in [1.82, 2.24) is 0 Å². The van der Waals surface area contributed by atoms with Gasteiger partial charge >= 0.3 is 6.61 Å². The van der Waals surface area contributed by atoms with E-state index in [0.717, 1.165) is 0 Å². The third-order valence-corrected chi connectivity index (χ3v) is 1.48. The lowest BCUT2D eigenvalue weighted by Crippen LogP contribution is -2.03. The molecule has 0 spiro atoms. The smallest absolute Gasteiger partial charge is 0.387 e. The van der Waals surface area contributed by atoms with Crippen LogP contribution >= 0.6 is 0 Å². The number of hydrogen-bond donors (Lipinski definition) is 2. The molecule has 0 radical (unpaired) electrons. The second kappa shape index (κ2) is 4.04. The zero-order valence-electron chi connectivity index (χ0n) is 6.71. The first-order chi connectivity index (χ1) is 6.13. The monoisotopic (exact) mass is 189 g/mol. The van der Waals surface area contributed by atoms with Crippen LogP contribution in [0.15, 0.2) is 18.2 Å². The van der Waals surface area contributed by atoms with Gasteiger partial charge in [-0.05, 0) is 17.7 Å². The average molecular weight is 189 g/mol. The van der Waals surface area contributed by atoms with Crippen LogP contribution in [-0.2, 0) is 6.54 Å². The first-order valence-electron chi connectivity index (χ1n) is 3.60. The maximum atomic E-state index is 11.7. The van der Waals surface area contributed by atoms with Gasteiger partial charge in [0.2, 0.25) is 0 Å². The fraction of sp³-hybridized carbons (Fsp3) is 0.250. The Hall–Kier alpha value is -1.36. The van der Waals surface area contributed by atoms with Crippen molar-refractivity contribution >= 4 is 0 Å². The van der Waals surface area contributed by atoms with Crippen molar-refractivity contribution in [1.29, 1.82) is 0 Å². The number of hydrogen-bond acceptors (Lipinski definition) is 3. The lowest BCUT2D eigenvalue weighted by atomic mass is 10.2. The predicted molar refractivity (Wildman–Crippen MR) is 42.6 cm³/mol. The van der Waals surface area contributed by atoms with Gasteiger partial charge in [-0.25, -0.2) is 0 Å². The number of benzene rings is 1. The Balaban J connectivity index is 2.85. The molecule has 1 rings (SSSR count). The topological polar surface area (TPSA) is 55.5 Å². The van der Waals surface area contributed by atoms with Gasteiger partial charge in [-0.1, -0.05) is 6.07 Å². The molecule has 1 aromatic rings. The van der Waals surface area contributed by atoms with E-state index in [0.29, 0.717) is 5.56 Å². The number of aromatic hydroxyl groups is 1. The molecule has 5 heteroatoms. The molecular weight excluding hydrogens is 180 g/mol. The summed E-state index contributed by atoms with van der Waals surface area (Å²) in [6.07, 6.45) is 0. The van der Waals surface area contributed by atoms with Gasteiger partial charge in [-0.15, -0.1) is 0 Å². The molecule has 0 amide bonds. The zero-order chi connectivity index (χ0) is 9.84. The van der Waals surface area contributed by atoms with Gasteiger partial charge in [0, 0.05) is 6.54 Å². The maximum Gasteiger partial charge on any atom is 0.387 e. The Morgan fingerprint density at radius 1 is 1.46 bits per heavy atom. The van der Waals surface area contributed by atoms with Crippen molar-refractivity contribution in [3.8, 4) is 11.5 Å². The molecule has 0 fully saturated rings. The van der Waals surface area contributed by atoms with E-state index in [1.165, 1.54) is 18.2 Å². The summed E-state index contributed by atoms with van der Waals surface area (Å²) < 4.78 is 27.5. The lowest BCUT2D eigenvalue weighted by molar-refractivity contribution is -0.0512. The third-order valence-electron chi connectivity index (χ3n) is 1.48. The van der Waals surface area contributed by atoms with Crippen LogP contribution in [0.4, 0.5) is 8.78 Å². The van der Waals surface area contributed by atoms with Gasteiger partial charge in [0.15, 0.2) is 11.5 Å². The van der Waals surface area contributed by atoms with E-state index in [1.54, 1.807) is 0 Å². The van der Waals surface area contributed by atoms with E-state index in [2.05, 4.69) is 4.74 Å². The molecule has 0 unspecified atom stereocenters. The summed E-state index contributed by atoms with van der Waals surface area (Å²) in [7, 11) is 0. The van der Waals surface area contributed by atoms with Gasteiger partial charge < -0.3 is 15.6 Å². The molecule has 3 nitrogen and oxygen atoms in total. The van der Waals surface area contributed by atoms with E-state index in [9.17, 15) is 8.78 Å². The number of ether oxygens (including phenoxy) is 1. The summed E-state index contributed by atoms with van der Waals surface area (Å²) in [4.78, 5) is 0. The van der Waals surface area contributed by atoms with Gasteiger partial charge in [0.25, 0.3) is 0 Å². The van der Waals surface area contributed by atoms with Crippen LogP contribution in [0, 0.1) is 0 Å². The molecule has 72 valence electrons. The predicted octanol–water partition coefficient (Wildman–Crippen LogP) is 1.45. The Kier molecular flexibility index (Phi) is 3.02. The molecule has 0 saturated heterocycles. The molecule has 13 heavy (non-hydrogen) atoms. The van der Waals surface area contributed by atoms with Crippen molar-refractivity contribution in [3.63, 3.8) is 0 Å². The largest absolute Gasteiger partial charge is 0.504 e.